The van der Waals surface area contributed by atoms with E-state index in [0.29, 0.717) is 16.7 Å². The highest BCUT2D eigenvalue weighted by molar-refractivity contribution is 6.15. The normalized spacial score (nSPS) is 16.8. The van der Waals surface area contributed by atoms with Gasteiger partial charge in [-0.05, 0) is 68.7 Å². The lowest BCUT2D eigenvalue weighted by molar-refractivity contribution is -0.115. The summed E-state index contributed by atoms with van der Waals surface area (Å²) in [5, 5.41) is 3.67. The topological polar surface area (TPSA) is 53.7 Å². The van der Waals surface area contributed by atoms with Crippen LogP contribution in [-0.2, 0) is 11.8 Å². The molecule has 7 heteroatoms. The Morgan fingerprint density at radius 3 is 1.88 bits per heavy atom. The molecule has 1 fully saturated rings. The summed E-state index contributed by atoms with van der Waals surface area (Å²) in [7, 11) is 3.82. The van der Waals surface area contributed by atoms with Crippen molar-refractivity contribution in [2.24, 2.45) is 7.05 Å². The zero-order valence-corrected chi connectivity index (χ0v) is 25.5. The maximum Gasteiger partial charge on any atom is 0.279 e. The molecular weight excluding hydrogens is 522 g/mol. The van der Waals surface area contributed by atoms with Gasteiger partial charge in [-0.1, -0.05) is 62.4 Å². The van der Waals surface area contributed by atoms with E-state index in [1.54, 1.807) is 9.69 Å². The molecule has 0 N–H and O–H groups in total. The van der Waals surface area contributed by atoms with Gasteiger partial charge in [-0.3, -0.25) is 14.3 Å². The SMILES string of the molecule is CCCN(CCC)c1ccc(/C(=C2\C(=O)N(c3ccccc3)N(C)C2C)c2c(C)n(C)n(-c3ccccc3)c2=O)cc1. The molecule has 218 valence electrons. The molecule has 1 aliphatic rings. The van der Waals surface area contributed by atoms with Crippen LogP contribution in [0.15, 0.2) is 95.3 Å². The average Bonchev–Trinajstić information content (AvgIpc) is 3.36. The first-order valence-corrected chi connectivity index (χ1v) is 14.9. The molecule has 1 aliphatic heterocycles. The minimum atomic E-state index is -0.256. The third-order valence-electron chi connectivity index (χ3n) is 8.30. The molecule has 2 heterocycles. The number of aromatic nitrogens is 2. The second kappa shape index (κ2) is 12.2. The van der Waals surface area contributed by atoms with Crippen molar-refractivity contribution in [3.63, 3.8) is 0 Å². The number of benzene rings is 3. The third-order valence-corrected chi connectivity index (χ3v) is 8.30. The Kier molecular flexibility index (Phi) is 8.50. The lowest BCUT2D eigenvalue weighted by Gasteiger charge is -2.26. The van der Waals surface area contributed by atoms with Crippen molar-refractivity contribution in [2.75, 3.05) is 30.0 Å². The third kappa shape index (κ3) is 5.09. The molecular formula is C35H41N5O2. The van der Waals surface area contributed by atoms with Gasteiger partial charge in [0.2, 0.25) is 0 Å². The van der Waals surface area contributed by atoms with Gasteiger partial charge in [-0.15, -0.1) is 0 Å². The van der Waals surface area contributed by atoms with Crippen LogP contribution in [0.3, 0.4) is 0 Å². The van der Waals surface area contributed by atoms with Crippen LogP contribution < -0.4 is 15.5 Å². The van der Waals surface area contributed by atoms with E-state index in [2.05, 4.69) is 43.0 Å². The van der Waals surface area contributed by atoms with Gasteiger partial charge in [-0.25, -0.2) is 14.7 Å². The first-order chi connectivity index (χ1) is 20.3. The van der Waals surface area contributed by atoms with Crippen molar-refractivity contribution in [2.45, 2.75) is 46.6 Å². The van der Waals surface area contributed by atoms with Crippen LogP contribution in [0.1, 0.15) is 50.4 Å². The zero-order valence-electron chi connectivity index (χ0n) is 25.5. The van der Waals surface area contributed by atoms with Crippen LogP contribution in [0.5, 0.6) is 0 Å². The van der Waals surface area contributed by atoms with Gasteiger partial charge in [0.05, 0.1) is 23.0 Å². The van der Waals surface area contributed by atoms with Gasteiger partial charge in [0, 0.05) is 49.7 Å². The Morgan fingerprint density at radius 2 is 1.33 bits per heavy atom. The van der Waals surface area contributed by atoms with Gasteiger partial charge >= 0.3 is 0 Å². The molecule has 3 aromatic carbocycles. The minimum absolute atomic E-state index is 0.122. The van der Waals surface area contributed by atoms with Gasteiger partial charge in [0.1, 0.15) is 0 Å². The number of anilines is 2. The Bertz CT molecular complexity index is 1630. The molecule has 4 aromatic rings. The Morgan fingerprint density at radius 1 is 0.786 bits per heavy atom. The maximum absolute atomic E-state index is 14.3. The number of hydrogen-bond acceptors (Lipinski definition) is 4. The molecule has 0 spiro atoms. The molecule has 0 aliphatic carbocycles. The van der Waals surface area contributed by atoms with Gasteiger partial charge < -0.3 is 4.90 Å². The average molecular weight is 564 g/mol. The lowest BCUT2D eigenvalue weighted by atomic mass is 9.90. The summed E-state index contributed by atoms with van der Waals surface area (Å²) < 4.78 is 3.57. The fraction of sp³-hybridized carbons (Fsp3) is 0.314. The molecule has 1 unspecified atom stereocenters. The maximum atomic E-state index is 14.3. The fourth-order valence-electron chi connectivity index (χ4n) is 6.02. The summed E-state index contributed by atoms with van der Waals surface area (Å²) in [5.74, 6) is -0.122. The molecule has 0 saturated carbocycles. The quantitative estimate of drug-likeness (QED) is 0.228. The number of carbonyl (C=O) groups excluding carboxylic acids is 1. The highest BCUT2D eigenvalue weighted by Crippen LogP contribution is 2.38. The molecule has 1 atom stereocenters. The minimum Gasteiger partial charge on any atom is -0.372 e. The van der Waals surface area contributed by atoms with Crippen molar-refractivity contribution in [1.82, 2.24) is 14.4 Å². The molecule has 1 amide bonds. The summed E-state index contributed by atoms with van der Waals surface area (Å²) in [6.07, 6.45) is 2.12. The fourth-order valence-corrected chi connectivity index (χ4v) is 6.02. The van der Waals surface area contributed by atoms with E-state index < -0.39 is 0 Å². The van der Waals surface area contributed by atoms with Crippen LogP contribution in [-0.4, -0.2) is 46.5 Å². The first kappa shape index (κ1) is 29.1. The Hall–Kier alpha value is -4.36. The molecule has 0 radical (unpaired) electrons. The summed E-state index contributed by atoms with van der Waals surface area (Å²) in [4.78, 5) is 31.1. The van der Waals surface area contributed by atoms with E-state index in [4.69, 9.17) is 0 Å². The second-order valence-corrected chi connectivity index (χ2v) is 11.0. The molecule has 0 bridgehead atoms. The smallest absolute Gasteiger partial charge is 0.279 e. The van der Waals surface area contributed by atoms with E-state index >= 15 is 0 Å². The van der Waals surface area contributed by atoms with Crippen molar-refractivity contribution >= 4 is 22.9 Å². The number of para-hydroxylation sites is 2. The van der Waals surface area contributed by atoms with Crippen LogP contribution in [0, 0.1) is 6.92 Å². The van der Waals surface area contributed by atoms with Crippen LogP contribution >= 0.6 is 0 Å². The Balaban J connectivity index is 1.75. The Labute approximate surface area is 248 Å². The molecule has 1 aromatic heterocycles. The van der Waals surface area contributed by atoms with Gasteiger partial charge in [0.25, 0.3) is 11.5 Å². The van der Waals surface area contributed by atoms with Gasteiger partial charge in [-0.2, -0.15) is 0 Å². The summed E-state index contributed by atoms with van der Waals surface area (Å²) >= 11 is 0. The molecule has 1 saturated heterocycles. The molecule has 7 nitrogen and oxygen atoms in total. The van der Waals surface area contributed by atoms with Crippen LogP contribution in [0.25, 0.3) is 11.3 Å². The highest BCUT2D eigenvalue weighted by atomic mass is 16.2. The summed E-state index contributed by atoms with van der Waals surface area (Å²) in [6.45, 7) is 10.3. The number of rotatable bonds is 9. The number of amides is 1. The monoisotopic (exact) mass is 563 g/mol. The number of likely N-dealkylation sites (N-methyl/N-ethyl adjacent to an activating group) is 1. The molecule has 5 rings (SSSR count). The zero-order chi connectivity index (χ0) is 30.0. The summed E-state index contributed by atoms with van der Waals surface area (Å²) in [5.41, 5.74) is 6.08. The number of hydrazine groups is 1. The summed E-state index contributed by atoms with van der Waals surface area (Å²) in [6, 6.07) is 27.4. The predicted octanol–water partition coefficient (Wildman–Crippen LogP) is 6.19. The van der Waals surface area contributed by atoms with E-state index in [0.717, 1.165) is 54.3 Å². The van der Waals surface area contributed by atoms with E-state index in [9.17, 15) is 9.59 Å². The molecule has 42 heavy (non-hydrogen) atoms. The van der Waals surface area contributed by atoms with E-state index in [1.807, 2.05) is 98.3 Å². The van der Waals surface area contributed by atoms with E-state index in [-0.39, 0.29) is 17.5 Å². The van der Waals surface area contributed by atoms with Crippen molar-refractivity contribution in [3.8, 4) is 5.69 Å². The predicted molar refractivity (Wildman–Crippen MR) is 172 cm³/mol. The first-order valence-electron chi connectivity index (χ1n) is 14.9. The standard InChI is InChI=1S/C35H41N5O2/c1-7-23-38(24-8-2)28-21-19-27(20-22-28)33(31-25(3)36(5)39(34(31)41)29-15-11-9-12-16-29)32-26(4)37(6)40(35(32)42)30-17-13-10-14-18-30/h9-22,25H,7-8,23-24H2,1-6H3/b33-31+. The van der Waals surface area contributed by atoms with Crippen LogP contribution in [0.4, 0.5) is 11.4 Å². The highest BCUT2D eigenvalue weighted by Gasteiger charge is 2.42. The van der Waals surface area contributed by atoms with E-state index in [1.165, 1.54) is 0 Å². The largest absolute Gasteiger partial charge is 0.372 e. The second-order valence-electron chi connectivity index (χ2n) is 11.0. The number of nitrogens with zero attached hydrogens (tertiary/aromatic N) is 5. The number of carbonyl (C=O) groups is 1. The number of hydrogen-bond donors (Lipinski definition) is 0. The van der Waals surface area contributed by atoms with Gasteiger partial charge in [0.15, 0.2) is 0 Å². The van der Waals surface area contributed by atoms with Crippen molar-refractivity contribution in [3.05, 3.63) is 118 Å². The van der Waals surface area contributed by atoms with Crippen molar-refractivity contribution < 1.29 is 4.79 Å². The lowest BCUT2D eigenvalue weighted by Crippen LogP contribution is -2.38. The van der Waals surface area contributed by atoms with Crippen LogP contribution in [0.2, 0.25) is 0 Å². The van der Waals surface area contributed by atoms with Crippen molar-refractivity contribution in [1.29, 1.82) is 0 Å².